The zero-order valence-corrected chi connectivity index (χ0v) is 18.4. The van der Waals surface area contributed by atoms with Gasteiger partial charge in [0, 0.05) is 36.3 Å². The fourth-order valence-corrected chi connectivity index (χ4v) is 4.87. The molecule has 0 bridgehead atoms. The Morgan fingerprint density at radius 3 is 2.45 bits per heavy atom. The largest absolute Gasteiger partial charge is 0.493 e. The number of methoxy groups -OCH3 is 3. The Labute approximate surface area is 181 Å². The molecule has 2 aromatic rings. The van der Waals surface area contributed by atoms with Crippen molar-refractivity contribution in [1.82, 2.24) is 0 Å². The van der Waals surface area contributed by atoms with Crippen molar-refractivity contribution in [3.05, 3.63) is 41.0 Å². The molecule has 7 heteroatoms. The van der Waals surface area contributed by atoms with Gasteiger partial charge in [0.25, 0.3) is 0 Å². The molecule has 0 N–H and O–H groups in total. The van der Waals surface area contributed by atoms with E-state index in [1.54, 1.807) is 35.2 Å². The third kappa shape index (κ3) is 3.01. The number of benzene rings is 2. The Hall–Kier alpha value is -2.67. The molecule has 2 aromatic carbocycles. The predicted octanol–water partition coefficient (Wildman–Crippen LogP) is 4.38. The van der Waals surface area contributed by atoms with Crippen molar-refractivity contribution in [2.24, 2.45) is 0 Å². The van der Waals surface area contributed by atoms with Crippen molar-refractivity contribution in [2.45, 2.75) is 50.2 Å². The molecule has 5 rings (SSSR count). The van der Waals surface area contributed by atoms with Crippen LogP contribution in [0.15, 0.2) is 24.3 Å². The summed E-state index contributed by atoms with van der Waals surface area (Å²) in [6.07, 6.45) is -1.47. The first kappa shape index (κ1) is 20.2. The molecular weight excluding hydrogens is 403 g/mol. The predicted molar refractivity (Wildman–Crippen MR) is 112 cm³/mol. The summed E-state index contributed by atoms with van der Waals surface area (Å²) in [5, 5.41) is 0. The topological polar surface area (TPSA) is 55.4 Å². The molecule has 6 nitrogen and oxygen atoms in total. The molecule has 31 heavy (non-hydrogen) atoms. The van der Waals surface area contributed by atoms with Gasteiger partial charge < -0.3 is 28.4 Å². The molecule has 0 spiro atoms. The maximum atomic E-state index is 14.8. The van der Waals surface area contributed by atoms with Gasteiger partial charge in [-0.2, -0.15) is 0 Å². The molecule has 0 radical (unpaired) electrons. The van der Waals surface area contributed by atoms with E-state index in [9.17, 15) is 4.39 Å². The van der Waals surface area contributed by atoms with Crippen LogP contribution in [-0.4, -0.2) is 45.8 Å². The third-order valence-electron chi connectivity index (χ3n) is 6.59. The lowest BCUT2D eigenvalue weighted by atomic mass is 9.79. The van der Waals surface area contributed by atoms with Crippen molar-refractivity contribution < 1.29 is 32.8 Å². The molecule has 3 aliphatic heterocycles. The standard InChI is InChI=1S/C24H27FO6/c1-24(2)20(25)9-14-15(31-24)7-6-12-22(14)30-19-11-29-16-10-18(27-4)17(26-3)8-13(16)21(19)23(12)28-5/h6-8,10,19-21,23H,9,11H2,1-5H3/t19-,20?,21+,23?/m1/s1. The Bertz CT molecular complexity index is 1020. The van der Waals surface area contributed by atoms with E-state index in [1.807, 2.05) is 24.3 Å². The second-order valence-electron chi connectivity index (χ2n) is 8.73. The van der Waals surface area contributed by atoms with Crippen LogP contribution in [0.1, 0.15) is 42.6 Å². The first-order chi connectivity index (χ1) is 14.9. The molecule has 0 fully saturated rings. The summed E-state index contributed by atoms with van der Waals surface area (Å²) < 4.78 is 50.2. The quantitative estimate of drug-likeness (QED) is 0.720. The number of alkyl halides is 1. The molecule has 0 aliphatic carbocycles. The maximum absolute atomic E-state index is 14.8. The van der Waals surface area contributed by atoms with E-state index in [0.717, 1.165) is 22.4 Å². The molecule has 0 saturated carbocycles. The van der Waals surface area contributed by atoms with Crippen LogP contribution in [0.5, 0.6) is 28.7 Å². The van der Waals surface area contributed by atoms with Crippen LogP contribution in [0.3, 0.4) is 0 Å². The lowest BCUT2D eigenvalue weighted by Gasteiger charge is -2.44. The third-order valence-corrected chi connectivity index (χ3v) is 6.59. The number of hydrogen-bond acceptors (Lipinski definition) is 6. The fraction of sp³-hybridized carbons (Fsp3) is 0.500. The second kappa shape index (κ2) is 7.19. The van der Waals surface area contributed by atoms with E-state index in [-0.39, 0.29) is 24.5 Å². The Morgan fingerprint density at radius 1 is 1.00 bits per heavy atom. The van der Waals surface area contributed by atoms with Crippen LogP contribution < -0.4 is 23.7 Å². The molecule has 0 amide bonds. The average molecular weight is 430 g/mol. The summed E-state index contributed by atoms with van der Waals surface area (Å²) in [4.78, 5) is 0. The summed E-state index contributed by atoms with van der Waals surface area (Å²) >= 11 is 0. The van der Waals surface area contributed by atoms with E-state index < -0.39 is 11.8 Å². The number of ether oxygens (including phenoxy) is 6. The maximum Gasteiger partial charge on any atom is 0.164 e. The number of hydrogen-bond donors (Lipinski definition) is 0. The lowest BCUT2D eigenvalue weighted by molar-refractivity contribution is -0.0254. The van der Waals surface area contributed by atoms with Gasteiger partial charge in [0.2, 0.25) is 0 Å². The number of halogens is 1. The van der Waals surface area contributed by atoms with Crippen molar-refractivity contribution in [3.8, 4) is 28.7 Å². The van der Waals surface area contributed by atoms with Crippen molar-refractivity contribution >= 4 is 0 Å². The van der Waals surface area contributed by atoms with Gasteiger partial charge in [0.1, 0.15) is 41.7 Å². The van der Waals surface area contributed by atoms with Gasteiger partial charge in [-0.15, -0.1) is 0 Å². The first-order valence-electron chi connectivity index (χ1n) is 10.4. The van der Waals surface area contributed by atoms with Crippen LogP contribution in [0.2, 0.25) is 0 Å². The summed E-state index contributed by atoms with van der Waals surface area (Å²) in [7, 11) is 4.88. The highest BCUT2D eigenvalue weighted by Gasteiger charge is 2.47. The highest BCUT2D eigenvalue weighted by atomic mass is 19.1. The molecule has 2 unspecified atom stereocenters. The van der Waals surface area contributed by atoms with Gasteiger partial charge in [-0.3, -0.25) is 0 Å². The number of rotatable bonds is 3. The van der Waals surface area contributed by atoms with Gasteiger partial charge >= 0.3 is 0 Å². The lowest BCUT2D eigenvalue weighted by Crippen LogP contribution is -2.46. The van der Waals surface area contributed by atoms with Gasteiger partial charge in [0.05, 0.1) is 26.2 Å². The zero-order chi connectivity index (χ0) is 21.9. The minimum Gasteiger partial charge on any atom is -0.493 e. The highest BCUT2D eigenvalue weighted by molar-refractivity contribution is 5.58. The molecule has 166 valence electrons. The Balaban J connectivity index is 1.61. The van der Waals surface area contributed by atoms with Crippen LogP contribution >= 0.6 is 0 Å². The van der Waals surface area contributed by atoms with E-state index in [2.05, 4.69) is 0 Å². The highest BCUT2D eigenvalue weighted by Crippen LogP contribution is 2.55. The molecule has 4 atom stereocenters. The monoisotopic (exact) mass is 430 g/mol. The van der Waals surface area contributed by atoms with E-state index in [0.29, 0.717) is 29.6 Å². The average Bonchev–Trinajstić information content (AvgIpc) is 2.77. The van der Waals surface area contributed by atoms with Gasteiger partial charge in [0.15, 0.2) is 11.5 Å². The summed E-state index contributed by atoms with van der Waals surface area (Å²) in [5.41, 5.74) is 1.70. The molecule has 0 saturated heterocycles. The second-order valence-corrected chi connectivity index (χ2v) is 8.73. The zero-order valence-electron chi connectivity index (χ0n) is 18.4. The van der Waals surface area contributed by atoms with E-state index >= 15 is 0 Å². The van der Waals surface area contributed by atoms with Crippen molar-refractivity contribution in [2.75, 3.05) is 27.9 Å². The van der Waals surface area contributed by atoms with Gasteiger partial charge in [-0.25, -0.2) is 4.39 Å². The van der Waals surface area contributed by atoms with E-state index in [1.165, 1.54) is 0 Å². The minimum atomic E-state index is -1.13. The Morgan fingerprint density at radius 2 is 1.74 bits per heavy atom. The molecule has 3 heterocycles. The van der Waals surface area contributed by atoms with Crippen molar-refractivity contribution in [3.63, 3.8) is 0 Å². The molecule has 3 aliphatic rings. The summed E-state index contributed by atoms with van der Waals surface area (Å²) in [6, 6.07) is 7.62. The van der Waals surface area contributed by atoms with Crippen LogP contribution in [0.4, 0.5) is 4.39 Å². The SMILES string of the molecule is COc1cc2c(cc1OC)[C@@H]1C(OC)c3ccc4c(c3O[C@@H]1CO2)CC(F)C(C)(C)O4. The number of fused-ring (bicyclic) bond motifs is 6. The Kier molecular flexibility index (Phi) is 4.70. The summed E-state index contributed by atoms with van der Waals surface area (Å²) in [5.74, 6) is 3.15. The van der Waals surface area contributed by atoms with Crippen LogP contribution in [0.25, 0.3) is 0 Å². The normalized spacial score (nSPS) is 27.3. The van der Waals surface area contributed by atoms with Gasteiger partial charge in [-0.05, 0) is 32.0 Å². The first-order valence-corrected chi connectivity index (χ1v) is 10.4. The minimum absolute atomic E-state index is 0.110. The smallest absolute Gasteiger partial charge is 0.164 e. The van der Waals surface area contributed by atoms with Crippen molar-refractivity contribution in [1.29, 1.82) is 0 Å². The summed E-state index contributed by atoms with van der Waals surface area (Å²) in [6.45, 7) is 3.88. The van der Waals surface area contributed by atoms with E-state index in [4.69, 9.17) is 28.4 Å². The molecule has 0 aromatic heterocycles. The fourth-order valence-electron chi connectivity index (χ4n) is 4.87. The van der Waals surface area contributed by atoms with Gasteiger partial charge in [-0.1, -0.05) is 0 Å². The van der Waals surface area contributed by atoms with Crippen LogP contribution in [-0.2, 0) is 11.2 Å². The molecular formula is C24H27FO6. The van der Waals surface area contributed by atoms with Crippen LogP contribution in [0, 0.1) is 0 Å².